The summed E-state index contributed by atoms with van der Waals surface area (Å²) in [5.74, 6) is 1.63. The molecule has 0 spiro atoms. The third-order valence-electron chi connectivity index (χ3n) is 5.94. The van der Waals surface area contributed by atoms with Crippen molar-refractivity contribution in [2.24, 2.45) is 0 Å². The molecule has 174 valence electrons. The summed E-state index contributed by atoms with van der Waals surface area (Å²) < 4.78 is 12.4. The van der Waals surface area contributed by atoms with E-state index in [4.69, 9.17) is 9.15 Å². The number of para-hydroxylation sites is 1. The third kappa shape index (κ3) is 4.56. The molecule has 8 heteroatoms. The Bertz CT molecular complexity index is 1290. The van der Waals surface area contributed by atoms with Crippen molar-refractivity contribution in [1.29, 1.82) is 0 Å². The van der Waals surface area contributed by atoms with Gasteiger partial charge < -0.3 is 19.0 Å². The van der Waals surface area contributed by atoms with Gasteiger partial charge >= 0.3 is 0 Å². The van der Waals surface area contributed by atoms with Crippen molar-refractivity contribution >= 4 is 45.9 Å². The molecule has 34 heavy (non-hydrogen) atoms. The fourth-order valence-corrected chi connectivity index (χ4v) is 5.89. The Labute approximate surface area is 206 Å². The van der Waals surface area contributed by atoms with Gasteiger partial charge in [-0.3, -0.25) is 9.59 Å². The number of carbonyl (C=O) groups excluding carboxylic acids is 2. The van der Waals surface area contributed by atoms with E-state index in [9.17, 15) is 9.59 Å². The molecule has 0 aliphatic carbocycles. The molecule has 0 N–H and O–H groups in total. The summed E-state index contributed by atoms with van der Waals surface area (Å²) in [4.78, 5) is 29.9. The molecule has 3 heterocycles. The average Bonchev–Trinajstić information content (AvgIpc) is 3.54. The highest BCUT2D eigenvalue weighted by Crippen LogP contribution is 2.34. The highest BCUT2D eigenvalue weighted by atomic mass is 32.2. The number of rotatable bonds is 6. The van der Waals surface area contributed by atoms with E-state index in [1.807, 2.05) is 30.3 Å². The maximum Gasteiger partial charge on any atom is 0.290 e. The summed E-state index contributed by atoms with van der Waals surface area (Å²) in [5.41, 5.74) is 2.27. The summed E-state index contributed by atoms with van der Waals surface area (Å²) in [6.07, 6.45) is 0. The van der Waals surface area contributed by atoms with Crippen molar-refractivity contribution in [3.8, 4) is 5.75 Å². The van der Waals surface area contributed by atoms with Crippen LogP contribution in [0.4, 0.5) is 0 Å². The number of nitrogens with zero attached hydrogens (tertiary/aromatic N) is 2. The quantitative estimate of drug-likeness (QED) is 0.338. The molecule has 1 fully saturated rings. The number of methoxy groups -OCH3 is 1. The van der Waals surface area contributed by atoms with Crippen LogP contribution in [0.25, 0.3) is 11.0 Å². The maximum atomic E-state index is 13.5. The van der Waals surface area contributed by atoms with Gasteiger partial charge in [0.15, 0.2) is 5.76 Å². The largest absolute Gasteiger partial charge is 0.497 e. The number of ether oxygens (including phenoxy) is 1. The minimum Gasteiger partial charge on any atom is -0.497 e. The molecule has 5 rings (SSSR count). The Kier molecular flexibility index (Phi) is 6.60. The Hall–Kier alpha value is -3.23. The van der Waals surface area contributed by atoms with Crippen molar-refractivity contribution in [2.75, 3.05) is 33.3 Å². The lowest BCUT2D eigenvalue weighted by Crippen LogP contribution is -2.50. The van der Waals surface area contributed by atoms with Gasteiger partial charge in [-0.2, -0.15) is 0 Å². The molecule has 1 aliphatic rings. The second-order valence-corrected chi connectivity index (χ2v) is 10.2. The first-order valence-electron chi connectivity index (χ1n) is 11.0. The van der Waals surface area contributed by atoms with E-state index in [2.05, 4.69) is 11.4 Å². The number of furan rings is 1. The molecule has 0 saturated carbocycles. The number of hydrogen-bond acceptors (Lipinski definition) is 6. The molecule has 0 unspecified atom stereocenters. The lowest BCUT2D eigenvalue weighted by molar-refractivity contribution is 0.0519. The van der Waals surface area contributed by atoms with Crippen LogP contribution in [0.3, 0.4) is 0 Å². The van der Waals surface area contributed by atoms with Gasteiger partial charge in [0.2, 0.25) is 0 Å². The van der Waals surface area contributed by atoms with Crippen LogP contribution in [0, 0.1) is 0 Å². The van der Waals surface area contributed by atoms with Gasteiger partial charge in [-0.25, -0.2) is 0 Å². The number of benzene rings is 2. The molecule has 6 nitrogen and oxygen atoms in total. The highest BCUT2D eigenvalue weighted by Gasteiger charge is 2.29. The lowest BCUT2D eigenvalue weighted by atomic mass is 10.1. The van der Waals surface area contributed by atoms with Crippen LogP contribution in [0.2, 0.25) is 0 Å². The number of hydrogen-bond donors (Lipinski definition) is 0. The smallest absolute Gasteiger partial charge is 0.290 e. The first kappa shape index (κ1) is 22.6. The van der Waals surface area contributed by atoms with E-state index in [-0.39, 0.29) is 11.8 Å². The van der Waals surface area contributed by atoms with E-state index in [1.54, 1.807) is 64.3 Å². The molecule has 2 amide bonds. The number of piperazine rings is 1. The van der Waals surface area contributed by atoms with Gasteiger partial charge in [-0.15, -0.1) is 23.1 Å². The molecule has 0 atom stereocenters. The second kappa shape index (κ2) is 9.95. The number of carbonyl (C=O) groups is 2. The molecular formula is C26H24N2O4S2. The maximum absolute atomic E-state index is 13.5. The molecule has 0 bridgehead atoms. The normalized spacial score (nSPS) is 13.9. The molecular weight excluding hydrogens is 468 g/mol. The fraction of sp³-hybridized carbons (Fsp3) is 0.231. The van der Waals surface area contributed by atoms with Gasteiger partial charge in [0.1, 0.15) is 11.3 Å². The monoisotopic (exact) mass is 492 g/mol. The lowest BCUT2D eigenvalue weighted by Gasteiger charge is -2.34. The van der Waals surface area contributed by atoms with Crippen molar-refractivity contribution in [2.45, 2.75) is 9.96 Å². The minimum absolute atomic E-state index is 0.0356. The van der Waals surface area contributed by atoms with Crippen LogP contribution in [0.5, 0.6) is 5.75 Å². The van der Waals surface area contributed by atoms with E-state index in [1.165, 1.54) is 4.21 Å². The predicted octanol–water partition coefficient (Wildman–Crippen LogP) is 5.39. The van der Waals surface area contributed by atoms with Gasteiger partial charge in [0, 0.05) is 48.4 Å². The number of fused-ring (bicyclic) bond motifs is 1. The molecule has 0 radical (unpaired) electrons. The Morgan fingerprint density at radius 1 is 0.941 bits per heavy atom. The summed E-state index contributed by atoms with van der Waals surface area (Å²) in [6, 6.07) is 19.0. The molecule has 4 aromatic rings. The second-order valence-electron chi connectivity index (χ2n) is 7.94. The van der Waals surface area contributed by atoms with E-state index >= 15 is 0 Å². The van der Waals surface area contributed by atoms with E-state index in [0.717, 1.165) is 16.5 Å². The molecule has 2 aromatic carbocycles. The van der Waals surface area contributed by atoms with Gasteiger partial charge in [-0.1, -0.05) is 24.3 Å². The first-order chi connectivity index (χ1) is 16.6. The predicted molar refractivity (Wildman–Crippen MR) is 135 cm³/mol. The first-order valence-corrected chi connectivity index (χ1v) is 12.9. The van der Waals surface area contributed by atoms with Gasteiger partial charge in [-0.05, 0) is 41.8 Å². The third-order valence-corrected chi connectivity index (χ3v) is 8.09. The summed E-state index contributed by atoms with van der Waals surface area (Å²) in [5, 5.41) is 3.03. The standard InChI is InChI=1S/C26H24N2O4S2/c1-31-19-10-8-18(9-11-19)25(29)27-12-14-28(15-13-27)26(30)24-21(17-34-23-7-4-16-33-23)20-5-2-3-6-22(20)32-24/h2-11,16H,12-15,17H2,1H3. The minimum atomic E-state index is -0.116. The number of thiophene rings is 1. The number of amides is 2. The van der Waals surface area contributed by atoms with E-state index < -0.39 is 0 Å². The van der Waals surface area contributed by atoms with Crippen LogP contribution in [-0.4, -0.2) is 54.9 Å². The van der Waals surface area contributed by atoms with Crippen molar-refractivity contribution in [3.05, 3.63) is 82.9 Å². The van der Waals surface area contributed by atoms with Crippen molar-refractivity contribution in [1.82, 2.24) is 9.80 Å². The van der Waals surface area contributed by atoms with Crippen LogP contribution in [0.1, 0.15) is 26.5 Å². The zero-order valence-corrected chi connectivity index (χ0v) is 20.4. The summed E-state index contributed by atoms with van der Waals surface area (Å²) in [7, 11) is 1.60. The van der Waals surface area contributed by atoms with Crippen LogP contribution in [0.15, 0.2) is 74.7 Å². The van der Waals surface area contributed by atoms with Crippen LogP contribution >= 0.6 is 23.1 Å². The molecule has 2 aromatic heterocycles. The van der Waals surface area contributed by atoms with Crippen molar-refractivity contribution < 1.29 is 18.7 Å². The fourth-order valence-electron chi connectivity index (χ4n) is 4.08. The topological polar surface area (TPSA) is 63.0 Å². The Balaban J connectivity index is 1.30. The van der Waals surface area contributed by atoms with Gasteiger partial charge in [0.05, 0.1) is 11.3 Å². The SMILES string of the molecule is COc1ccc(C(=O)N2CCN(C(=O)c3oc4ccccc4c3CSc3cccs3)CC2)cc1. The Morgan fingerprint density at radius 2 is 1.65 bits per heavy atom. The van der Waals surface area contributed by atoms with Crippen molar-refractivity contribution in [3.63, 3.8) is 0 Å². The zero-order chi connectivity index (χ0) is 23.5. The van der Waals surface area contributed by atoms with E-state index in [0.29, 0.717) is 49.0 Å². The van der Waals surface area contributed by atoms with Gasteiger partial charge in [0.25, 0.3) is 11.8 Å². The average molecular weight is 493 g/mol. The summed E-state index contributed by atoms with van der Waals surface area (Å²) in [6.45, 7) is 1.90. The number of thioether (sulfide) groups is 1. The van der Waals surface area contributed by atoms with Crippen LogP contribution < -0.4 is 4.74 Å². The Morgan fingerprint density at radius 3 is 2.32 bits per heavy atom. The molecule has 1 saturated heterocycles. The zero-order valence-electron chi connectivity index (χ0n) is 18.7. The summed E-state index contributed by atoms with van der Waals surface area (Å²) >= 11 is 3.40. The molecule has 1 aliphatic heterocycles. The van der Waals surface area contributed by atoms with Crippen LogP contribution in [-0.2, 0) is 5.75 Å². The highest BCUT2D eigenvalue weighted by molar-refractivity contribution is 8.00.